The summed E-state index contributed by atoms with van der Waals surface area (Å²) in [6.45, 7) is 2.64. The summed E-state index contributed by atoms with van der Waals surface area (Å²) in [4.78, 5) is 57.8. The molecule has 0 aliphatic carbocycles. The molecule has 2 aliphatic heterocycles. The highest BCUT2D eigenvalue weighted by Gasteiger charge is 2.34. The van der Waals surface area contributed by atoms with Gasteiger partial charge in [0, 0.05) is 48.0 Å². The van der Waals surface area contributed by atoms with E-state index in [2.05, 4.69) is 26.0 Å². The zero-order valence-corrected chi connectivity index (χ0v) is 49.9. The van der Waals surface area contributed by atoms with Crippen LogP contribution in [0.5, 0.6) is 11.5 Å². The van der Waals surface area contributed by atoms with Crippen LogP contribution in [-0.4, -0.2) is 144 Å². The van der Waals surface area contributed by atoms with E-state index in [4.69, 9.17) is 31.3 Å². The molecular weight excluding hydrogens is 1210 g/mol. The van der Waals surface area contributed by atoms with Crippen LogP contribution in [0, 0.1) is 0 Å². The molecule has 4 heterocycles. The van der Waals surface area contributed by atoms with Crippen LogP contribution in [-0.2, 0) is 51.2 Å². The van der Waals surface area contributed by atoms with Crippen molar-refractivity contribution in [1.82, 2.24) is 14.9 Å². The van der Waals surface area contributed by atoms with Crippen molar-refractivity contribution in [2.24, 2.45) is 0 Å². The second-order valence-corrected chi connectivity index (χ2v) is 27.1. The topological polar surface area (TPSA) is 354 Å². The molecule has 0 bridgehead atoms. The Bertz CT molecular complexity index is 3730. The fraction of sp³-hybridized carbons (Fsp3) is 0.315. The number of benzene rings is 4. The van der Waals surface area contributed by atoms with Gasteiger partial charge in [0.2, 0.25) is 30.1 Å². The fourth-order valence-electron chi connectivity index (χ4n) is 9.19. The number of sulfonamides is 3. The van der Waals surface area contributed by atoms with Crippen molar-refractivity contribution in [1.29, 1.82) is 0 Å². The number of hydrogen-bond acceptors (Lipinski definition) is 17. The number of nitrogens with zero attached hydrogens (tertiary/aromatic N) is 2. The number of carbonyl (C=O) groups is 5. The maximum atomic E-state index is 14.0. The molecule has 24 nitrogen and oxygen atoms in total. The molecule has 30 heteroatoms. The van der Waals surface area contributed by atoms with Gasteiger partial charge in [0.25, 0.3) is 0 Å². The van der Waals surface area contributed by atoms with Gasteiger partial charge in [-0.15, -0.1) is 22.7 Å². The first-order valence-corrected chi connectivity index (χ1v) is 32.9. The zero-order chi connectivity index (χ0) is 60.9. The molecule has 0 radical (unpaired) electrons. The van der Waals surface area contributed by atoms with Gasteiger partial charge in [-0.1, -0.05) is 72.3 Å². The predicted molar refractivity (Wildman–Crippen MR) is 321 cm³/mol. The quantitative estimate of drug-likeness (QED) is 0.0279. The molecule has 4 aromatic carbocycles. The van der Waals surface area contributed by atoms with E-state index in [9.17, 15) is 59.4 Å². The Kier molecular flexibility index (Phi) is 21.6. The lowest BCUT2D eigenvalue weighted by Gasteiger charge is -2.35. The summed E-state index contributed by atoms with van der Waals surface area (Å²) in [5.74, 6) is -6.07. The van der Waals surface area contributed by atoms with Crippen molar-refractivity contribution >= 4 is 117 Å². The minimum Gasteiger partial charge on any atom is -0.480 e. The number of piperidine rings is 2. The van der Waals surface area contributed by atoms with Gasteiger partial charge in [0.05, 0.1) is 34.0 Å². The van der Waals surface area contributed by atoms with Crippen molar-refractivity contribution in [2.75, 3.05) is 71.9 Å². The first-order chi connectivity index (χ1) is 39.8. The van der Waals surface area contributed by atoms with Gasteiger partial charge >= 0.3 is 29.9 Å². The molecule has 2 saturated heterocycles. The molecular formula is C54H60ClN7O17S5. The van der Waals surface area contributed by atoms with Gasteiger partial charge in [-0.05, 0) is 110 Å². The van der Waals surface area contributed by atoms with Gasteiger partial charge in [0.1, 0.15) is 10.8 Å². The second-order valence-electron chi connectivity index (χ2n) is 19.1. The van der Waals surface area contributed by atoms with Crippen LogP contribution in [0.25, 0.3) is 20.9 Å². The van der Waals surface area contributed by atoms with E-state index in [1.807, 2.05) is 6.07 Å². The molecule has 8 rings (SSSR count). The molecule has 2 fully saturated rings. The number of thiophene rings is 2. The minimum absolute atomic E-state index is 0.0158. The fourth-order valence-corrected chi connectivity index (χ4v) is 15.6. The van der Waals surface area contributed by atoms with Crippen LogP contribution in [0.3, 0.4) is 0 Å². The van der Waals surface area contributed by atoms with E-state index >= 15 is 0 Å². The number of nitrogens with one attached hydrogen (secondary N) is 5. The molecule has 0 unspecified atom stereocenters. The average molecular weight is 1270 g/mol. The number of hydrogen-bond donors (Lipinski definition) is 9. The Morgan fingerprint density at radius 2 is 1.32 bits per heavy atom. The number of urea groups is 1. The lowest BCUT2D eigenvalue weighted by atomic mass is 10.1. The third kappa shape index (κ3) is 17.3. The molecule has 0 atom stereocenters. The molecule has 2 amide bonds. The van der Waals surface area contributed by atoms with Crippen molar-refractivity contribution in [2.45, 2.75) is 56.2 Å². The third-order valence-corrected chi connectivity index (χ3v) is 19.9. The van der Waals surface area contributed by atoms with Gasteiger partial charge < -0.3 is 51.2 Å². The Morgan fingerprint density at radius 1 is 0.714 bits per heavy atom. The number of rotatable bonds is 24. The predicted octanol–water partition coefficient (Wildman–Crippen LogP) is 7.81. The Morgan fingerprint density at radius 3 is 1.95 bits per heavy atom. The summed E-state index contributed by atoms with van der Waals surface area (Å²) >= 11 is 8.20. The van der Waals surface area contributed by atoms with Gasteiger partial charge in [-0.25, -0.2) is 53.5 Å². The molecule has 84 heavy (non-hydrogen) atoms. The molecule has 450 valence electrons. The van der Waals surface area contributed by atoms with Gasteiger partial charge in [0.15, 0.2) is 28.7 Å². The Hall–Kier alpha value is -7.51. The summed E-state index contributed by atoms with van der Waals surface area (Å²) in [5, 5.41) is 49.0. The van der Waals surface area contributed by atoms with Crippen LogP contribution in [0.15, 0.2) is 103 Å². The van der Waals surface area contributed by atoms with Gasteiger partial charge in [-0.3, -0.25) is 9.03 Å². The van der Waals surface area contributed by atoms with Crippen LogP contribution in [0.1, 0.15) is 63.1 Å². The molecule has 6 aromatic rings. The van der Waals surface area contributed by atoms with Crippen LogP contribution in [0.4, 0.5) is 27.5 Å². The third-order valence-electron chi connectivity index (χ3n) is 12.8. The molecule has 2 aromatic heterocycles. The highest BCUT2D eigenvalue weighted by molar-refractivity contribution is 7.92. The first kappa shape index (κ1) is 64.1. The van der Waals surface area contributed by atoms with Crippen molar-refractivity contribution in [3.8, 4) is 32.4 Å². The normalized spacial score (nSPS) is 14.3. The van der Waals surface area contributed by atoms with Gasteiger partial charge in [-0.2, -0.15) is 0 Å². The smallest absolute Gasteiger partial charge is 0.349 e. The van der Waals surface area contributed by atoms with Crippen LogP contribution in [0.2, 0.25) is 5.02 Å². The molecule has 9 N–H and O–H groups in total. The summed E-state index contributed by atoms with van der Waals surface area (Å²) in [5.41, 5.74) is 3.64. The number of anilines is 4. The number of carboxylic acid groups (broad SMARTS) is 4. The van der Waals surface area contributed by atoms with Crippen LogP contribution < -0.4 is 39.8 Å². The Balaban J connectivity index is 0.000000241. The molecule has 2 aliphatic rings. The Labute approximate surface area is 497 Å². The SMILES string of the molecule is CCNC(=O)Nc1ccccc1CS(=O)(=O)N1CCC(Nc2cccc(-c3sc(C(=O)O)c(OCC(=O)O)c3Cl)c2)CC1.CS(=O)(=O)Nc1ccccc1CS(=O)(=O)N(c1cccc(-c2cc(OCC(=O)O)c(C(=O)O)s2)c1)C1CCNCC1. The number of aromatic carboxylic acids is 2. The number of para-hydroxylation sites is 2. The second kappa shape index (κ2) is 28.4. The maximum Gasteiger partial charge on any atom is 0.349 e. The zero-order valence-electron chi connectivity index (χ0n) is 45.1. The van der Waals surface area contributed by atoms with E-state index in [0.717, 1.165) is 34.6 Å². The highest BCUT2D eigenvalue weighted by atomic mass is 35.5. The van der Waals surface area contributed by atoms with E-state index < -0.39 is 78.9 Å². The molecule has 0 saturated carbocycles. The van der Waals surface area contributed by atoms with E-state index in [0.29, 0.717) is 96.2 Å². The number of aliphatic carboxylic acids is 2. The summed E-state index contributed by atoms with van der Waals surface area (Å²) < 4.78 is 93.9. The summed E-state index contributed by atoms with van der Waals surface area (Å²) in [7, 11) is -11.3. The average Bonchev–Trinajstić information content (AvgIpc) is 3.22. The monoisotopic (exact) mass is 1270 g/mol. The maximum absolute atomic E-state index is 14.0. The largest absolute Gasteiger partial charge is 0.480 e. The van der Waals surface area contributed by atoms with Crippen molar-refractivity contribution < 1.29 is 79.1 Å². The minimum atomic E-state index is -4.05. The molecule has 0 spiro atoms. The first-order valence-electron chi connectivity index (χ1n) is 25.8. The van der Waals surface area contributed by atoms with E-state index in [-0.39, 0.29) is 55.4 Å². The van der Waals surface area contributed by atoms with E-state index in [1.165, 1.54) is 20.7 Å². The van der Waals surface area contributed by atoms with E-state index in [1.54, 1.807) is 91.9 Å². The number of halogens is 1. The highest BCUT2D eigenvalue weighted by Crippen LogP contribution is 2.46. The number of ether oxygens (including phenoxy) is 2. The standard InChI is InChI=1S/C28H31ClN4O8S2.C26H29N3O9S3/c1-2-30-28(38)32-21-9-4-3-6-18(21)16-43(39,40)33-12-10-19(11-13-33)31-20-8-5-7-17(14-20)25-23(29)24(41-15-22(34)35)26(42-25)27(36)37;1-40(34,35)28-21-8-3-2-5-18(21)16-41(36,37)29(19-9-11-27-12-10-19)20-7-4-6-17(13-20)23-14-22(38-15-24(30)31)25(39-23)26(32)33/h3-9,14,19,31H,2,10-13,15-16H2,1H3,(H,34,35)(H,36,37)(H2,30,32,38);2-8,13-14,19,27-28H,9-12,15-16H2,1H3,(H,30,31)(H,32,33). The summed E-state index contributed by atoms with van der Waals surface area (Å²) in [6.07, 6.45) is 3.18. The number of carboxylic acids is 4. The van der Waals surface area contributed by atoms with Crippen LogP contribution >= 0.6 is 34.3 Å². The lowest BCUT2D eigenvalue weighted by Crippen LogP contribution is -2.46. The lowest BCUT2D eigenvalue weighted by molar-refractivity contribution is -0.140. The van der Waals surface area contributed by atoms with Crippen molar-refractivity contribution in [3.63, 3.8) is 0 Å². The number of amides is 2. The number of carbonyl (C=O) groups excluding carboxylic acids is 1. The van der Waals surface area contributed by atoms with Crippen molar-refractivity contribution in [3.05, 3.63) is 129 Å². The summed E-state index contributed by atoms with van der Waals surface area (Å²) in [6, 6.07) is 27.5.